The van der Waals surface area contributed by atoms with Crippen LogP contribution in [0.25, 0.3) is 0 Å². The number of amides is 1. The van der Waals surface area contributed by atoms with Gasteiger partial charge in [-0.2, -0.15) is 0 Å². The van der Waals surface area contributed by atoms with Crippen LogP contribution in [0.5, 0.6) is 5.75 Å². The Labute approximate surface area is 349 Å². The molecule has 0 heterocycles. The first kappa shape index (κ1) is 48.4. The number of carboxylic acid groups (broad SMARTS) is 5. The van der Waals surface area contributed by atoms with Gasteiger partial charge < -0.3 is 56.1 Å². The van der Waals surface area contributed by atoms with E-state index in [9.17, 15) is 59.1 Å². The van der Waals surface area contributed by atoms with E-state index >= 15 is 0 Å². The van der Waals surface area contributed by atoms with Gasteiger partial charge in [0.15, 0.2) is 5.11 Å². The molecule has 3 atom stereocenters. The van der Waals surface area contributed by atoms with Crippen molar-refractivity contribution < 1.29 is 73.3 Å². The van der Waals surface area contributed by atoms with E-state index in [2.05, 4.69) is 10.6 Å². The fourth-order valence-corrected chi connectivity index (χ4v) is 7.04. The number of hydrogen-bond donors (Lipinski definition) is 8. The van der Waals surface area contributed by atoms with Gasteiger partial charge in [-0.3, -0.25) is 43.5 Å². The molecule has 1 saturated carbocycles. The van der Waals surface area contributed by atoms with Gasteiger partial charge in [-0.1, -0.05) is 25.0 Å². The van der Waals surface area contributed by atoms with Crippen molar-refractivity contribution in [2.75, 3.05) is 71.0 Å². The highest BCUT2D eigenvalue weighted by atomic mass is 32.1. The van der Waals surface area contributed by atoms with Crippen molar-refractivity contribution in [2.24, 2.45) is 5.73 Å². The van der Waals surface area contributed by atoms with Crippen LogP contribution in [-0.2, 0) is 39.9 Å². The molecule has 60 heavy (non-hydrogen) atoms. The van der Waals surface area contributed by atoms with Gasteiger partial charge in [0, 0.05) is 42.5 Å². The van der Waals surface area contributed by atoms with Crippen molar-refractivity contribution in [3.05, 3.63) is 59.7 Å². The molecule has 9 N–H and O–H groups in total. The Kier molecular flexibility index (Phi) is 20.1. The summed E-state index contributed by atoms with van der Waals surface area (Å²) in [6, 6.07) is 10.3. The Morgan fingerprint density at radius 2 is 1.25 bits per heavy atom. The first-order chi connectivity index (χ1) is 28.5. The number of carbonyl (C=O) groups excluding carboxylic acids is 2. The topological polar surface area (TPSA) is 308 Å². The highest BCUT2D eigenvalue weighted by molar-refractivity contribution is 7.80. The summed E-state index contributed by atoms with van der Waals surface area (Å²) >= 11 is 5.36. The van der Waals surface area contributed by atoms with Gasteiger partial charge in [0.1, 0.15) is 12.4 Å². The molecule has 21 nitrogen and oxygen atoms in total. The third kappa shape index (κ3) is 17.9. The second-order valence-corrected chi connectivity index (χ2v) is 14.2. The Hall–Kier alpha value is -5.94. The molecular weight excluding hydrogens is 813 g/mol. The number of ether oxygens (including phenoxy) is 3. The number of nitrogens with two attached hydrogens (primary N) is 1. The lowest BCUT2D eigenvalue weighted by atomic mass is 9.87. The maximum absolute atomic E-state index is 12.2. The Balaban J connectivity index is 1.61. The van der Waals surface area contributed by atoms with Crippen LogP contribution in [-0.4, -0.2) is 171 Å². The van der Waals surface area contributed by atoms with Crippen LogP contribution in [0.2, 0.25) is 0 Å². The summed E-state index contributed by atoms with van der Waals surface area (Å²) in [5.41, 5.74) is 6.66. The SMILES string of the molecule is NC(=O)c1ccc(OC(=O)OCCOCCNC(=S)Nc2ccc(C[C@@H](CN(CC(=O)O)[C@@H]3CCCC[C@H]3N(CC(=O)O)CC(=O)O)N(CC(=O)O)CC(=O)O)cc2)cc1. The zero-order chi connectivity index (χ0) is 44.2. The van der Waals surface area contributed by atoms with Crippen molar-refractivity contribution >= 4 is 64.9 Å². The number of hydrogen-bond acceptors (Lipinski definition) is 14. The molecule has 0 bridgehead atoms. The summed E-state index contributed by atoms with van der Waals surface area (Å²) in [5.74, 6) is -6.79. The van der Waals surface area contributed by atoms with Crippen LogP contribution in [0.15, 0.2) is 48.5 Å². The number of benzene rings is 2. The molecule has 1 aliphatic rings. The van der Waals surface area contributed by atoms with Gasteiger partial charge in [-0.25, -0.2) is 4.79 Å². The highest BCUT2D eigenvalue weighted by Crippen LogP contribution is 2.29. The molecule has 22 heteroatoms. The van der Waals surface area contributed by atoms with E-state index in [-0.39, 0.29) is 49.2 Å². The molecule has 0 radical (unpaired) electrons. The molecule has 0 aliphatic heterocycles. The molecule has 0 spiro atoms. The molecule has 1 fully saturated rings. The molecule has 2 aromatic carbocycles. The average Bonchev–Trinajstić information content (AvgIpc) is 3.16. The number of aliphatic carboxylic acids is 5. The van der Waals surface area contributed by atoms with E-state index < -0.39 is 92.8 Å². The van der Waals surface area contributed by atoms with Gasteiger partial charge in [0.25, 0.3) is 0 Å². The highest BCUT2D eigenvalue weighted by Gasteiger charge is 2.38. The maximum atomic E-state index is 12.2. The van der Waals surface area contributed by atoms with E-state index in [4.69, 9.17) is 32.2 Å². The minimum atomic E-state index is -1.30. The molecule has 328 valence electrons. The van der Waals surface area contributed by atoms with Crippen molar-refractivity contribution in [1.29, 1.82) is 0 Å². The van der Waals surface area contributed by atoms with E-state index in [0.717, 1.165) is 0 Å². The Morgan fingerprint density at radius 1 is 0.717 bits per heavy atom. The fourth-order valence-electron chi connectivity index (χ4n) is 6.82. The number of carbonyl (C=O) groups is 7. The van der Waals surface area contributed by atoms with Crippen molar-refractivity contribution in [1.82, 2.24) is 20.0 Å². The predicted octanol–water partition coefficient (Wildman–Crippen LogP) is 0.855. The first-order valence-electron chi connectivity index (χ1n) is 18.8. The van der Waals surface area contributed by atoms with E-state index in [1.807, 2.05) is 0 Å². The zero-order valence-electron chi connectivity index (χ0n) is 32.6. The predicted molar refractivity (Wildman–Crippen MR) is 215 cm³/mol. The number of rotatable bonds is 26. The second-order valence-electron chi connectivity index (χ2n) is 13.8. The van der Waals surface area contributed by atoms with Crippen LogP contribution in [0.4, 0.5) is 10.5 Å². The number of thiocarbonyl (C=S) groups is 1. The van der Waals surface area contributed by atoms with Crippen LogP contribution in [0, 0.1) is 0 Å². The van der Waals surface area contributed by atoms with Gasteiger partial charge in [-0.15, -0.1) is 0 Å². The molecule has 2 aromatic rings. The van der Waals surface area contributed by atoms with E-state index in [1.54, 1.807) is 29.2 Å². The monoisotopic (exact) mass is 862 g/mol. The normalized spacial score (nSPS) is 15.5. The Bertz CT molecular complexity index is 1770. The van der Waals surface area contributed by atoms with Gasteiger partial charge in [0.2, 0.25) is 5.91 Å². The number of nitrogens with zero attached hydrogens (tertiary/aromatic N) is 3. The quantitative estimate of drug-likeness (QED) is 0.0281. The Morgan fingerprint density at radius 3 is 1.78 bits per heavy atom. The smallest absolute Gasteiger partial charge is 0.480 e. The standard InChI is InChI=1S/C38H50N6O15S/c39-36(55)25-7-11-28(12-8-25)59-38(56)58-16-15-57-14-13-40-37(60)41-26-9-5-24(6-10-26)17-27(42(19-31(45)46)20-32(47)48)18-43(21-33(49)50)29-3-1-2-4-30(29)44(22-34(51)52)23-35(53)54/h5-12,27,29-30H,1-4,13-23H2,(H2,39,55)(H,45,46)(H,47,48)(H,49,50)(H,51,52)(H,53,54)(H2,40,41,60)/t27-,29+,30+/m0/s1. The zero-order valence-corrected chi connectivity index (χ0v) is 33.4. The van der Waals surface area contributed by atoms with Gasteiger partial charge in [-0.05, 0) is 73.4 Å². The van der Waals surface area contributed by atoms with Crippen molar-refractivity contribution in [3.63, 3.8) is 0 Å². The van der Waals surface area contributed by atoms with Crippen LogP contribution in [0.3, 0.4) is 0 Å². The minimum Gasteiger partial charge on any atom is -0.480 e. The largest absolute Gasteiger partial charge is 0.513 e. The third-order valence-corrected chi connectivity index (χ3v) is 9.53. The number of primary amides is 1. The number of nitrogens with one attached hydrogen (secondary N) is 2. The molecular formula is C38H50N6O15S. The summed E-state index contributed by atoms with van der Waals surface area (Å²) in [5, 5.41) is 54.7. The third-order valence-electron chi connectivity index (χ3n) is 9.29. The van der Waals surface area contributed by atoms with Crippen molar-refractivity contribution in [2.45, 2.75) is 50.2 Å². The van der Waals surface area contributed by atoms with Crippen molar-refractivity contribution in [3.8, 4) is 5.75 Å². The number of carboxylic acids is 5. The van der Waals surface area contributed by atoms with E-state index in [1.165, 1.54) is 34.1 Å². The first-order valence-corrected chi connectivity index (χ1v) is 19.2. The lowest BCUT2D eigenvalue weighted by molar-refractivity contribution is -0.146. The van der Waals surface area contributed by atoms with Crippen LogP contribution in [0.1, 0.15) is 41.6 Å². The van der Waals surface area contributed by atoms with Crippen LogP contribution < -0.4 is 21.1 Å². The second kappa shape index (κ2) is 24.9. The molecule has 0 saturated heterocycles. The molecule has 1 aliphatic carbocycles. The molecule has 0 aromatic heterocycles. The van der Waals surface area contributed by atoms with E-state index in [0.29, 0.717) is 43.5 Å². The fraction of sp³-hybridized carbons (Fsp3) is 0.474. The lowest BCUT2D eigenvalue weighted by Gasteiger charge is -2.45. The molecule has 0 unspecified atom stereocenters. The van der Waals surface area contributed by atoms with Gasteiger partial charge in [0.05, 0.1) is 45.9 Å². The summed E-state index contributed by atoms with van der Waals surface area (Å²) in [6.07, 6.45) is 1.23. The summed E-state index contributed by atoms with van der Waals surface area (Å²) in [7, 11) is 0. The summed E-state index contributed by atoms with van der Waals surface area (Å²) < 4.78 is 15.4. The summed E-state index contributed by atoms with van der Waals surface area (Å²) in [4.78, 5) is 86.5. The summed E-state index contributed by atoms with van der Waals surface area (Å²) in [6.45, 7) is -2.71. The number of anilines is 1. The molecule has 1 amide bonds. The van der Waals surface area contributed by atoms with Crippen LogP contribution >= 0.6 is 12.2 Å². The maximum Gasteiger partial charge on any atom is 0.513 e. The van der Waals surface area contributed by atoms with Gasteiger partial charge >= 0.3 is 36.0 Å². The minimum absolute atomic E-state index is 0.0690. The molecule has 3 rings (SSSR count). The lowest BCUT2D eigenvalue weighted by Crippen LogP contribution is -2.59. The average molecular weight is 863 g/mol.